The SMILES string of the molecule is N#Cc1ccc(CNC(=O)c2ccc(-c3ccccc3C#N)nc2NCCc2cccc(F)c2)cc1. The number of halogens is 1. The van der Waals surface area contributed by atoms with Crippen LogP contribution in [0.15, 0.2) is 84.9 Å². The van der Waals surface area contributed by atoms with E-state index in [0.29, 0.717) is 46.7 Å². The Balaban J connectivity index is 1.57. The minimum atomic E-state index is -0.319. The van der Waals surface area contributed by atoms with Crippen molar-refractivity contribution in [2.75, 3.05) is 11.9 Å². The maximum atomic E-state index is 13.5. The molecule has 2 N–H and O–H groups in total. The van der Waals surface area contributed by atoms with Crippen molar-refractivity contribution in [3.63, 3.8) is 0 Å². The summed E-state index contributed by atoms with van der Waals surface area (Å²) in [5.74, 6) is -0.252. The van der Waals surface area contributed by atoms with Gasteiger partial charge in [0.15, 0.2) is 0 Å². The third kappa shape index (κ3) is 5.91. The molecule has 0 fully saturated rings. The fraction of sp³-hybridized carbons (Fsp3) is 0.103. The molecule has 4 aromatic rings. The minimum Gasteiger partial charge on any atom is -0.369 e. The molecule has 0 aliphatic carbocycles. The summed E-state index contributed by atoms with van der Waals surface area (Å²) in [5, 5.41) is 24.5. The molecule has 4 rings (SSSR count). The molecule has 0 atom stereocenters. The van der Waals surface area contributed by atoms with Crippen molar-refractivity contribution < 1.29 is 9.18 Å². The Morgan fingerprint density at radius 3 is 2.44 bits per heavy atom. The van der Waals surface area contributed by atoms with Crippen LogP contribution in [0.3, 0.4) is 0 Å². The molecule has 0 aliphatic heterocycles. The molecular formula is C29H22FN5O. The Kier molecular flexibility index (Phi) is 7.65. The molecule has 0 spiro atoms. The first-order valence-corrected chi connectivity index (χ1v) is 11.3. The number of rotatable bonds is 8. The number of carbonyl (C=O) groups is 1. The molecule has 0 radical (unpaired) electrons. The lowest BCUT2D eigenvalue weighted by Gasteiger charge is -2.14. The van der Waals surface area contributed by atoms with Crippen LogP contribution < -0.4 is 10.6 Å². The fourth-order valence-electron chi connectivity index (χ4n) is 3.72. The summed E-state index contributed by atoms with van der Waals surface area (Å²) in [5.41, 5.74) is 4.28. The van der Waals surface area contributed by atoms with E-state index in [1.54, 1.807) is 54.6 Å². The Morgan fingerprint density at radius 2 is 1.69 bits per heavy atom. The van der Waals surface area contributed by atoms with Gasteiger partial charge < -0.3 is 10.6 Å². The van der Waals surface area contributed by atoms with E-state index in [-0.39, 0.29) is 18.3 Å². The van der Waals surface area contributed by atoms with Gasteiger partial charge in [0.1, 0.15) is 11.6 Å². The van der Waals surface area contributed by atoms with Crippen LogP contribution in [-0.2, 0) is 13.0 Å². The Bertz CT molecular complexity index is 1470. The number of nitrogens with one attached hydrogen (secondary N) is 2. The van der Waals surface area contributed by atoms with Gasteiger partial charge in [0, 0.05) is 18.7 Å². The Labute approximate surface area is 208 Å². The molecule has 0 bridgehead atoms. The van der Waals surface area contributed by atoms with E-state index in [1.165, 1.54) is 12.1 Å². The van der Waals surface area contributed by atoms with Crippen molar-refractivity contribution in [1.82, 2.24) is 10.3 Å². The standard InChI is InChI=1S/C29H22FN5O/c30-24-6-3-4-20(16-24)14-15-33-28-26(29(36)34-19-22-10-8-21(17-31)9-11-22)12-13-27(35-28)25-7-2-1-5-23(25)18-32/h1-13,16H,14-15,19H2,(H,33,35)(H,34,36). The van der Waals surface area contributed by atoms with Gasteiger partial charge in [-0.15, -0.1) is 0 Å². The van der Waals surface area contributed by atoms with Crippen LogP contribution in [0.5, 0.6) is 0 Å². The van der Waals surface area contributed by atoms with Gasteiger partial charge in [-0.25, -0.2) is 9.37 Å². The maximum Gasteiger partial charge on any atom is 0.255 e. The van der Waals surface area contributed by atoms with Crippen molar-refractivity contribution in [2.45, 2.75) is 13.0 Å². The van der Waals surface area contributed by atoms with Gasteiger partial charge in [0.25, 0.3) is 5.91 Å². The van der Waals surface area contributed by atoms with E-state index < -0.39 is 0 Å². The predicted molar refractivity (Wildman–Crippen MR) is 135 cm³/mol. The molecule has 0 aliphatic rings. The summed E-state index contributed by atoms with van der Waals surface area (Å²) in [6.45, 7) is 0.710. The summed E-state index contributed by atoms with van der Waals surface area (Å²) in [6.07, 6.45) is 0.532. The van der Waals surface area contributed by atoms with Gasteiger partial charge >= 0.3 is 0 Å². The average Bonchev–Trinajstić information content (AvgIpc) is 2.92. The first-order chi connectivity index (χ1) is 17.6. The number of hydrogen-bond acceptors (Lipinski definition) is 5. The predicted octanol–water partition coefficient (Wildman–Crippen LogP) is 5.22. The number of nitrogens with zero attached hydrogens (tertiary/aromatic N) is 3. The average molecular weight is 476 g/mol. The smallest absolute Gasteiger partial charge is 0.255 e. The second-order valence-corrected chi connectivity index (χ2v) is 8.05. The van der Waals surface area contributed by atoms with E-state index in [4.69, 9.17) is 5.26 Å². The van der Waals surface area contributed by atoms with Crippen LogP contribution in [0.4, 0.5) is 10.2 Å². The van der Waals surface area contributed by atoms with Gasteiger partial charge in [0.05, 0.1) is 34.5 Å². The van der Waals surface area contributed by atoms with Gasteiger partial charge in [-0.1, -0.05) is 42.5 Å². The highest BCUT2D eigenvalue weighted by atomic mass is 19.1. The summed E-state index contributed by atoms with van der Waals surface area (Å²) < 4.78 is 13.5. The quantitative estimate of drug-likeness (QED) is 0.364. The summed E-state index contributed by atoms with van der Waals surface area (Å²) in [4.78, 5) is 17.7. The monoisotopic (exact) mass is 475 g/mol. The number of carbonyl (C=O) groups excluding carboxylic acids is 1. The summed E-state index contributed by atoms with van der Waals surface area (Å²) in [7, 11) is 0. The Morgan fingerprint density at radius 1 is 0.889 bits per heavy atom. The number of nitriles is 2. The molecule has 1 aromatic heterocycles. The molecule has 7 heteroatoms. The van der Waals surface area contributed by atoms with Crippen molar-refractivity contribution in [3.05, 3.63) is 119 Å². The lowest BCUT2D eigenvalue weighted by molar-refractivity contribution is 0.0951. The molecule has 1 amide bonds. The second kappa shape index (κ2) is 11.4. The van der Waals surface area contributed by atoms with Crippen LogP contribution in [0, 0.1) is 28.5 Å². The molecule has 3 aromatic carbocycles. The lowest BCUT2D eigenvalue weighted by atomic mass is 10.0. The van der Waals surface area contributed by atoms with Crippen molar-refractivity contribution in [3.8, 4) is 23.4 Å². The van der Waals surface area contributed by atoms with Crippen LogP contribution >= 0.6 is 0 Å². The van der Waals surface area contributed by atoms with Gasteiger partial charge in [-0.3, -0.25) is 4.79 Å². The highest BCUT2D eigenvalue weighted by Crippen LogP contribution is 2.25. The van der Waals surface area contributed by atoms with Crippen LogP contribution in [0.1, 0.15) is 32.6 Å². The van der Waals surface area contributed by atoms with Crippen LogP contribution in [-0.4, -0.2) is 17.4 Å². The number of hydrogen-bond donors (Lipinski definition) is 2. The molecule has 1 heterocycles. The van der Waals surface area contributed by atoms with Crippen LogP contribution in [0.25, 0.3) is 11.3 Å². The highest BCUT2D eigenvalue weighted by molar-refractivity contribution is 5.99. The number of aromatic nitrogens is 1. The van der Waals surface area contributed by atoms with Crippen molar-refractivity contribution in [2.24, 2.45) is 0 Å². The van der Waals surface area contributed by atoms with E-state index >= 15 is 0 Å². The zero-order valence-corrected chi connectivity index (χ0v) is 19.3. The summed E-state index contributed by atoms with van der Waals surface area (Å²) >= 11 is 0. The van der Waals surface area contributed by atoms with E-state index in [9.17, 15) is 14.4 Å². The number of amides is 1. The van der Waals surface area contributed by atoms with Crippen molar-refractivity contribution in [1.29, 1.82) is 10.5 Å². The minimum absolute atomic E-state index is 0.284. The third-order valence-electron chi connectivity index (χ3n) is 5.59. The van der Waals surface area contributed by atoms with Crippen LogP contribution in [0.2, 0.25) is 0 Å². The zero-order chi connectivity index (χ0) is 25.3. The largest absolute Gasteiger partial charge is 0.369 e. The molecule has 176 valence electrons. The van der Waals surface area contributed by atoms with Gasteiger partial charge in [-0.05, 0) is 60.0 Å². The molecule has 0 unspecified atom stereocenters. The Hall–Kier alpha value is -5.01. The molecular weight excluding hydrogens is 453 g/mol. The maximum absolute atomic E-state index is 13.5. The number of anilines is 1. The number of pyridine rings is 1. The van der Waals surface area contributed by atoms with E-state index in [2.05, 4.69) is 27.8 Å². The molecule has 0 saturated heterocycles. The first kappa shape index (κ1) is 24.1. The molecule has 0 saturated carbocycles. The summed E-state index contributed by atoms with van der Waals surface area (Å²) in [6, 6.07) is 28.1. The lowest BCUT2D eigenvalue weighted by Crippen LogP contribution is -2.24. The van der Waals surface area contributed by atoms with Crippen molar-refractivity contribution >= 4 is 11.7 Å². The fourth-order valence-corrected chi connectivity index (χ4v) is 3.72. The highest BCUT2D eigenvalue weighted by Gasteiger charge is 2.16. The molecule has 6 nitrogen and oxygen atoms in total. The van der Waals surface area contributed by atoms with E-state index in [0.717, 1.165) is 11.1 Å². The second-order valence-electron chi connectivity index (χ2n) is 8.05. The number of benzene rings is 3. The van der Waals surface area contributed by atoms with E-state index in [1.807, 2.05) is 18.2 Å². The third-order valence-corrected chi connectivity index (χ3v) is 5.59. The first-order valence-electron chi connectivity index (χ1n) is 11.3. The van der Waals surface area contributed by atoms with Gasteiger partial charge in [-0.2, -0.15) is 10.5 Å². The topological polar surface area (TPSA) is 102 Å². The normalized spacial score (nSPS) is 10.2. The zero-order valence-electron chi connectivity index (χ0n) is 19.3. The molecule has 36 heavy (non-hydrogen) atoms. The van der Waals surface area contributed by atoms with Gasteiger partial charge in [0.2, 0.25) is 0 Å².